The van der Waals surface area contributed by atoms with Crippen LogP contribution >= 0.6 is 27.7 Å². The Morgan fingerprint density at radius 2 is 1.89 bits per heavy atom. The molecule has 150 valence electrons. The van der Waals surface area contributed by atoms with Crippen molar-refractivity contribution < 1.29 is 19.1 Å². The highest BCUT2D eigenvalue weighted by Gasteiger charge is 2.55. The molecule has 0 spiro atoms. The van der Waals surface area contributed by atoms with E-state index in [4.69, 9.17) is 4.74 Å². The van der Waals surface area contributed by atoms with Gasteiger partial charge >= 0.3 is 5.97 Å². The van der Waals surface area contributed by atoms with Crippen LogP contribution in [0.1, 0.15) is 33.3 Å². The van der Waals surface area contributed by atoms with Gasteiger partial charge in [0.1, 0.15) is 22.7 Å². The molecular weight excluding hydrogens is 444 g/mol. The van der Waals surface area contributed by atoms with Crippen molar-refractivity contribution >= 4 is 45.5 Å². The SMILES string of the molecule is CC1=C(C(=O)OC(C)(C)C)N2C(=O)C(NC(=O)Cc3ccccc3)[C@@H]2SC1Br. The maximum atomic E-state index is 12.8. The first-order valence-corrected chi connectivity index (χ1v) is 10.8. The van der Waals surface area contributed by atoms with Gasteiger partial charge in [0.05, 0.1) is 10.6 Å². The number of carbonyl (C=O) groups excluding carboxylic acids is 3. The summed E-state index contributed by atoms with van der Waals surface area (Å²) in [4.78, 5) is 39.3. The van der Waals surface area contributed by atoms with E-state index in [1.54, 1.807) is 27.7 Å². The van der Waals surface area contributed by atoms with E-state index < -0.39 is 17.6 Å². The minimum atomic E-state index is -0.663. The molecule has 1 aromatic rings. The summed E-state index contributed by atoms with van der Waals surface area (Å²) in [5, 5.41) is 2.47. The van der Waals surface area contributed by atoms with Crippen LogP contribution in [0.5, 0.6) is 0 Å². The van der Waals surface area contributed by atoms with Crippen LogP contribution in [0.4, 0.5) is 0 Å². The quantitative estimate of drug-likeness (QED) is 0.419. The Balaban J connectivity index is 1.73. The second kappa shape index (κ2) is 7.91. The van der Waals surface area contributed by atoms with Crippen LogP contribution in [0.25, 0.3) is 0 Å². The average Bonchev–Trinajstić information content (AvgIpc) is 2.61. The minimum absolute atomic E-state index is 0.141. The lowest BCUT2D eigenvalue weighted by Crippen LogP contribution is -2.71. The first kappa shape index (κ1) is 20.9. The van der Waals surface area contributed by atoms with E-state index in [9.17, 15) is 14.4 Å². The summed E-state index contributed by atoms with van der Waals surface area (Å²) in [5.41, 5.74) is 1.21. The van der Waals surface area contributed by atoms with Crippen molar-refractivity contribution in [3.63, 3.8) is 0 Å². The Bertz CT molecular complexity index is 834. The molecule has 6 nitrogen and oxygen atoms in total. The van der Waals surface area contributed by atoms with Crippen molar-refractivity contribution in [1.29, 1.82) is 0 Å². The Morgan fingerprint density at radius 3 is 2.50 bits per heavy atom. The van der Waals surface area contributed by atoms with E-state index in [1.165, 1.54) is 16.7 Å². The fourth-order valence-electron chi connectivity index (χ4n) is 3.09. The standard InChI is InChI=1S/C20H23BrN2O4S/c1-11-15(19(26)27-20(2,3)4)23-17(25)14(18(23)28-16(11)21)22-13(24)10-12-8-6-5-7-9-12/h5-9,14,16,18H,10H2,1-4H3,(H,22,24)/t14?,16?,18-/m0/s1. The highest BCUT2D eigenvalue weighted by atomic mass is 79.9. The van der Waals surface area contributed by atoms with Gasteiger partial charge in [-0.2, -0.15) is 0 Å². The Kier molecular flexibility index (Phi) is 5.91. The Labute approximate surface area is 177 Å². The summed E-state index contributed by atoms with van der Waals surface area (Å²) in [7, 11) is 0. The van der Waals surface area contributed by atoms with E-state index in [0.29, 0.717) is 0 Å². The monoisotopic (exact) mass is 466 g/mol. The fourth-order valence-corrected chi connectivity index (χ4v) is 5.20. The predicted octanol–water partition coefficient (Wildman–Crippen LogP) is 2.97. The van der Waals surface area contributed by atoms with Gasteiger partial charge in [0, 0.05) is 0 Å². The number of β-lactam (4-membered cyclic amide) rings is 1. The fraction of sp³-hybridized carbons (Fsp3) is 0.450. The van der Waals surface area contributed by atoms with Crippen LogP contribution in [-0.2, 0) is 25.5 Å². The first-order valence-electron chi connectivity index (χ1n) is 8.98. The maximum Gasteiger partial charge on any atom is 0.355 e. The number of hydrogen-bond acceptors (Lipinski definition) is 5. The molecule has 0 bridgehead atoms. The second-order valence-corrected chi connectivity index (χ2v) is 10.5. The molecule has 2 amide bonds. The summed E-state index contributed by atoms with van der Waals surface area (Å²) in [6, 6.07) is 8.69. The van der Waals surface area contributed by atoms with Crippen LogP contribution < -0.4 is 5.32 Å². The summed E-state index contributed by atoms with van der Waals surface area (Å²) in [6.45, 7) is 7.15. The molecule has 0 aromatic heterocycles. The molecule has 0 radical (unpaired) electrons. The molecule has 0 aliphatic carbocycles. The van der Waals surface area contributed by atoms with Crippen LogP contribution in [0.3, 0.4) is 0 Å². The Morgan fingerprint density at radius 1 is 1.25 bits per heavy atom. The number of alkyl halides is 1. The smallest absolute Gasteiger partial charge is 0.355 e. The van der Waals surface area contributed by atoms with Gasteiger partial charge in [-0.15, -0.1) is 11.8 Å². The second-order valence-electron chi connectivity index (χ2n) is 7.79. The number of hydrogen-bond donors (Lipinski definition) is 1. The van der Waals surface area contributed by atoms with Gasteiger partial charge in [0.15, 0.2) is 0 Å². The van der Waals surface area contributed by atoms with Gasteiger partial charge in [-0.05, 0) is 38.8 Å². The van der Waals surface area contributed by atoms with Gasteiger partial charge in [0.2, 0.25) is 5.91 Å². The third-order valence-corrected chi connectivity index (χ3v) is 7.06. The van der Waals surface area contributed by atoms with Crippen molar-refractivity contribution in [3.8, 4) is 0 Å². The number of nitrogens with zero attached hydrogens (tertiary/aromatic N) is 1. The molecule has 2 heterocycles. The van der Waals surface area contributed by atoms with Crippen molar-refractivity contribution in [2.45, 2.75) is 55.3 Å². The lowest BCUT2D eigenvalue weighted by atomic mass is 10.0. The van der Waals surface area contributed by atoms with Gasteiger partial charge in [-0.3, -0.25) is 14.5 Å². The van der Waals surface area contributed by atoms with E-state index in [-0.39, 0.29) is 33.5 Å². The zero-order valence-electron chi connectivity index (χ0n) is 16.2. The molecule has 3 atom stereocenters. The topological polar surface area (TPSA) is 75.7 Å². The molecular formula is C20H23BrN2O4S. The Hall–Kier alpha value is -1.80. The molecule has 2 aliphatic heterocycles. The van der Waals surface area contributed by atoms with Gasteiger partial charge in [0.25, 0.3) is 5.91 Å². The molecule has 3 rings (SSSR count). The molecule has 1 aromatic carbocycles. The number of fused-ring (bicyclic) bond motifs is 1. The minimum Gasteiger partial charge on any atom is -0.455 e. The summed E-state index contributed by atoms with van der Waals surface area (Å²) in [5.74, 6) is -1.04. The molecule has 8 heteroatoms. The van der Waals surface area contributed by atoms with E-state index in [1.807, 2.05) is 30.3 Å². The number of carbonyl (C=O) groups is 3. The van der Waals surface area contributed by atoms with Crippen molar-refractivity contribution in [3.05, 3.63) is 47.2 Å². The third kappa shape index (κ3) is 4.27. The van der Waals surface area contributed by atoms with Crippen LogP contribution in [-0.4, -0.2) is 43.9 Å². The first-order chi connectivity index (χ1) is 13.1. The number of benzene rings is 1. The number of esters is 1. The maximum absolute atomic E-state index is 12.8. The molecule has 0 saturated carbocycles. The number of nitrogens with one attached hydrogen (secondary N) is 1. The number of ether oxygens (including phenoxy) is 1. The summed E-state index contributed by atoms with van der Waals surface area (Å²) < 4.78 is 5.34. The van der Waals surface area contributed by atoms with E-state index >= 15 is 0 Å². The normalized spacial score (nSPS) is 24.4. The summed E-state index contributed by atoms with van der Waals surface area (Å²) in [6.07, 6.45) is 0.202. The number of thioether (sulfide) groups is 1. The molecule has 2 aliphatic rings. The van der Waals surface area contributed by atoms with E-state index in [0.717, 1.165) is 11.1 Å². The highest BCUT2D eigenvalue weighted by molar-refractivity contribution is 9.11. The molecule has 28 heavy (non-hydrogen) atoms. The van der Waals surface area contributed by atoms with Gasteiger partial charge in [-0.1, -0.05) is 46.3 Å². The predicted molar refractivity (Wildman–Crippen MR) is 112 cm³/mol. The lowest BCUT2D eigenvalue weighted by molar-refractivity contribution is -0.159. The summed E-state index contributed by atoms with van der Waals surface area (Å²) >= 11 is 5.04. The van der Waals surface area contributed by atoms with Crippen LogP contribution in [0.15, 0.2) is 41.6 Å². The number of halogens is 1. The van der Waals surface area contributed by atoms with Crippen LogP contribution in [0, 0.1) is 0 Å². The largest absolute Gasteiger partial charge is 0.455 e. The molecule has 1 saturated heterocycles. The van der Waals surface area contributed by atoms with Crippen molar-refractivity contribution in [2.75, 3.05) is 0 Å². The molecule has 2 unspecified atom stereocenters. The zero-order valence-corrected chi connectivity index (χ0v) is 18.6. The zero-order chi connectivity index (χ0) is 20.6. The van der Waals surface area contributed by atoms with Crippen LogP contribution in [0.2, 0.25) is 0 Å². The molecule has 1 N–H and O–H groups in total. The highest BCUT2D eigenvalue weighted by Crippen LogP contribution is 2.46. The van der Waals surface area contributed by atoms with Crippen molar-refractivity contribution in [1.82, 2.24) is 10.2 Å². The third-order valence-electron chi connectivity index (χ3n) is 4.37. The number of amides is 2. The van der Waals surface area contributed by atoms with Gasteiger partial charge < -0.3 is 10.1 Å². The van der Waals surface area contributed by atoms with Gasteiger partial charge in [-0.25, -0.2) is 4.79 Å². The molecule has 1 fully saturated rings. The van der Waals surface area contributed by atoms with E-state index in [2.05, 4.69) is 21.2 Å². The van der Waals surface area contributed by atoms with Crippen molar-refractivity contribution in [2.24, 2.45) is 0 Å². The lowest BCUT2D eigenvalue weighted by Gasteiger charge is -2.50. The number of rotatable bonds is 4. The average molecular weight is 467 g/mol.